The van der Waals surface area contributed by atoms with E-state index >= 15 is 0 Å². The molecule has 0 amide bonds. The Morgan fingerprint density at radius 2 is 0.938 bits per heavy atom. The molecule has 0 radical (unpaired) electrons. The van der Waals surface area contributed by atoms with E-state index in [2.05, 4.69) is 181 Å². The number of rotatable bonds is 6. The van der Waals surface area contributed by atoms with Gasteiger partial charge in [0, 0.05) is 44.1 Å². The Morgan fingerprint density at radius 3 is 1.60 bits per heavy atom. The molecule has 0 aliphatic heterocycles. The number of benzene rings is 7. The molecule has 9 rings (SSSR count). The van der Waals surface area contributed by atoms with Gasteiger partial charge >= 0.3 is 0 Å². The molecular weight excluding hydrogens is 601 g/mol. The number of nitrogens with zero attached hydrogens (tertiary/aromatic N) is 2. The third-order valence-corrected chi connectivity index (χ3v) is 10.2. The van der Waals surface area contributed by atoms with E-state index in [-0.39, 0.29) is 0 Å². The lowest BCUT2D eigenvalue weighted by molar-refractivity contribution is 1.28. The Balaban J connectivity index is 1.13. The SMILES string of the molecule is c1ccc(-c2ccc(N(c3ccc(-c4ccccc4)cc3)c3cccc(-c4ccc5c(cnc6sc7ccccc7c65)c4)c3)cc2)cc1. The Bertz CT molecular complexity index is 2450. The number of thiophene rings is 1. The summed E-state index contributed by atoms with van der Waals surface area (Å²) in [5.74, 6) is 0. The number of hydrogen-bond donors (Lipinski definition) is 0. The molecule has 3 heteroatoms. The molecule has 2 nitrogen and oxygen atoms in total. The minimum atomic E-state index is 1.09. The van der Waals surface area contributed by atoms with Crippen LogP contribution in [0.1, 0.15) is 0 Å². The zero-order chi connectivity index (χ0) is 31.9. The van der Waals surface area contributed by atoms with Gasteiger partial charge in [-0.3, -0.25) is 0 Å². The van der Waals surface area contributed by atoms with Gasteiger partial charge in [0.2, 0.25) is 0 Å². The minimum Gasteiger partial charge on any atom is -0.310 e. The van der Waals surface area contributed by atoms with Crippen LogP contribution in [-0.4, -0.2) is 4.98 Å². The van der Waals surface area contributed by atoms with Gasteiger partial charge in [-0.15, -0.1) is 11.3 Å². The zero-order valence-corrected chi connectivity index (χ0v) is 26.9. The van der Waals surface area contributed by atoms with Crippen molar-refractivity contribution in [1.82, 2.24) is 4.98 Å². The van der Waals surface area contributed by atoms with Crippen molar-refractivity contribution in [2.75, 3.05) is 4.90 Å². The van der Waals surface area contributed by atoms with Gasteiger partial charge in [0.15, 0.2) is 0 Å². The molecule has 2 heterocycles. The maximum atomic E-state index is 4.87. The highest BCUT2D eigenvalue weighted by atomic mass is 32.1. The van der Waals surface area contributed by atoms with Crippen molar-refractivity contribution in [3.8, 4) is 33.4 Å². The fraction of sp³-hybridized carbons (Fsp3) is 0. The fourth-order valence-corrected chi connectivity index (χ4v) is 7.79. The molecule has 0 atom stereocenters. The molecule has 0 aliphatic rings. The summed E-state index contributed by atoms with van der Waals surface area (Å²) in [5, 5.41) is 4.92. The molecule has 9 aromatic rings. The van der Waals surface area contributed by atoms with Gasteiger partial charge in [-0.05, 0) is 87.3 Å². The van der Waals surface area contributed by atoms with Crippen LogP contribution in [0.3, 0.4) is 0 Å². The summed E-state index contributed by atoms with van der Waals surface area (Å²) in [4.78, 5) is 8.31. The smallest absolute Gasteiger partial charge is 0.125 e. The molecule has 7 aromatic carbocycles. The Kier molecular flexibility index (Phi) is 7.03. The van der Waals surface area contributed by atoms with Crippen LogP contribution in [0.4, 0.5) is 17.1 Å². The standard InChI is InChI=1S/C45H30N2S/c1-3-10-31(11-4-1)33-18-23-38(24-19-33)47(39-25-20-34(21-26-39)32-12-5-2-6-13-32)40-15-9-14-35(29-40)36-22-27-41-37(28-36)30-46-45-44(41)42-16-7-8-17-43(42)48-45/h1-30H. The lowest BCUT2D eigenvalue weighted by Gasteiger charge is -2.26. The van der Waals surface area contributed by atoms with E-state index < -0.39 is 0 Å². The van der Waals surface area contributed by atoms with Crippen molar-refractivity contribution in [2.24, 2.45) is 0 Å². The quantitative estimate of drug-likeness (QED) is 0.182. The van der Waals surface area contributed by atoms with Crippen molar-refractivity contribution in [3.63, 3.8) is 0 Å². The van der Waals surface area contributed by atoms with Gasteiger partial charge in [0.1, 0.15) is 4.83 Å². The summed E-state index contributed by atoms with van der Waals surface area (Å²) in [6, 6.07) is 63.1. The summed E-state index contributed by atoms with van der Waals surface area (Å²) in [7, 11) is 0. The normalized spacial score (nSPS) is 11.3. The molecular formula is C45H30N2S. The summed E-state index contributed by atoms with van der Waals surface area (Å²) in [6.45, 7) is 0. The van der Waals surface area contributed by atoms with Crippen LogP contribution in [0.15, 0.2) is 182 Å². The van der Waals surface area contributed by atoms with E-state index in [1.165, 1.54) is 48.7 Å². The predicted molar refractivity (Wildman–Crippen MR) is 206 cm³/mol. The highest BCUT2D eigenvalue weighted by molar-refractivity contribution is 7.25. The third kappa shape index (κ3) is 5.11. The lowest BCUT2D eigenvalue weighted by atomic mass is 9.99. The van der Waals surface area contributed by atoms with Gasteiger partial charge in [-0.1, -0.05) is 127 Å². The van der Waals surface area contributed by atoms with Crippen LogP contribution in [0.2, 0.25) is 0 Å². The Morgan fingerprint density at radius 1 is 0.396 bits per heavy atom. The predicted octanol–water partition coefficient (Wildman–Crippen LogP) is 13.1. The molecule has 0 aliphatic carbocycles. The molecule has 226 valence electrons. The summed E-state index contributed by atoms with van der Waals surface area (Å²) >= 11 is 1.76. The summed E-state index contributed by atoms with van der Waals surface area (Å²) < 4.78 is 1.28. The summed E-state index contributed by atoms with van der Waals surface area (Å²) in [6.07, 6.45) is 2.02. The van der Waals surface area contributed by atoms with Crippen molar-refractivity contribution < 1.29 is 0 Å². The first-order chi connectivity index (χ1) is 23.8. The number of pyridine rings is 1. The van der Waals surface area contributed by atoms with E-state index in [9.17, 15) is 0 Å². The average Bonchev–Trinajstić information content (AvgIpc) is 3.55. The number of aromatic nitrogens is 1. The molecule has 2 aromatic heterocycles. The molecule has 0 fully saturated rings. The fourth-order valence-electron chi connectivity index (χ4n) is 6.73. The average molecular weight is 631 g/mol. The summed E-state index contributed by atoms with van der Waals surface area (Å²) in [5.41, 5.74) is 10.5. The molecule has 0 N–H and O–H groups in total. The number of hydrogen-bond acceptors (Lipinski definition) is 3. The largest absolute Gasteiger partial charge is 0.310 e. The van der Waals surface area contributed by atoms with Crippen LogP contribution >= 0.6 is 11.3 Å². The van der Waals surface area contributed by atoms with E-state index in [4.69, 9.17) is 4.98 Å². The van der Waals surface area contributed by atoms with Crippen LogP contribution in [-0.2, 0) is 0 Å². The zero-order valence-electron chi connectivity index (χ0n) is 26.1. The van der Waals surface area contributed by atoms with E-state index in [1.54, 1.807) is 11.3 Å². The van der Waals surface area contributed by atoms with Crippen LogP contribution < -0.4 is 4.90 Å². The number of anilines is 3. The monoisotopic (exact) mass is 630 g/mol. The Hall–Kier alpha value is -6.03. The molecule has 0 bridgehead atoms. The van der Waals surface area contributed by atoms with Crippen LogP contribution in [0, 0.1) is 0 Å². The third-order valence-electron chi connectivity index (χ3n) is 9.12. The maximum absolute atomic E-state index is 4.87. The van der Waals surface area contributed by atoms with Gasteiger partial charge in [-0.2, -0.15) is 0 Å². The van der Waals surface area contributed by atoms with Gasteiger partial charge < -0.3 is 4.90 Å². The Labute approximate surface area is 283 Å². The second kappa shape index (κ2) is 12.0. The van der Waals surface area contributed by atoms with E-state index in [0.29, 0.717) is 0 Å². The van der Waals surface area contributed by atoms with E-state index in [0.717, 1.165) is 32.8 Å². The first-order valence-electron chi connectivity index (χ1n) is 16.2. The molecule has 48 heavy (non-hydrogen) atoms. The lowest BCUT2D eigenvalue weighted by Crippen LogP contribution is -2.10. The molecule has 0 unspecified atom stereocenters. The van der Waals surface area contributed by atoms with Crippen molar-refractivity contribution in [1.29, 1.82) is 0 Å². The van der Waals surface area contributed by atoms with Crippen molar-refractivity contribution in [3.05, 3.63) is 182 Å². The van der Waals surface area contributed by atoms with Crippen molar-refractivity contribution in [2.45, 2.75) is 0 Å². The topological polar surface area (TPSA) is 16.1 Å². The van der Waals surface area contributed by atoms with Crippen molar-refractivity contribution >= 4 is 59.5 Å². The van der Waals surface area contributed by atoms with Crippen LogP contribution in [0.5, 0.6) is 0 Å². The van der Waals surface area contributed by atoms with Gasteiger partial charge in [0.25, 0.3) is 0 Å². The highest BCUT2D eigenvalue weighted by Gasteiger charge is 2.15. The molecule has 0 saturated carbocycles. The van der Waals surface area contributed by atoms with Gasteiger partial charge in [-0.25, -0.2) is 4.98 Å². The molecule has 0 spiro atoms. The first-order valence-corrected chi connectivity index (χ1v) is 17.0. The number of fused-ring (bicyclic) bond motifs is 5. The highest BCUT2D eigenvalue weighted by Crippen LogP contribution is 2.40. The van der Waals surface area contributed by atoms with Gasteiger partial charge in [0.05, 0.1) is 0 Å². The van der Waals surface area contributed by atoms with E-state index in [1.807, 2.05) is 6.20 Å². The minimum absolute atomic E-state index is 1.09. The second-order valence-electron chi connectivity index (χ2n) is 12.1. The van der Waals surface area contributed by atoms with Crippen LogP contribution in [0.25, 0.3) is 64.5 Å². The molecule has 0 saturated heterocycles. The first kappa shape index (κ1) is 28.2. The second-order valence-corrected chi connectivity index (χ2v) is 13.1. The maximum Gasteiger partial charge on any atom is 0.125 e.